The maximum atomic E-state index is 13.2. The Bertz CT molecular complexity index is 605. The number of hydrogen-bond acceptors (Lipinski definition) is 3. The van der Waals surface area contributed by atoms with Crippen molar-refractivity contribution >= 4 is 0 Å². The first-order chi connectivity index (χ1) is 10.1. The summed E-state index contributed by atoms with van der Waals surface area (Å²) in [5.41, 5.74) is 6.41. The van der Waals surface area contributed by atoms with Crippen molar-refractivity contribution < 1.29 is 18.3 Å². The molecule has 0 aliphatic heterocycles. The average Bonchev–Trinajstić information content (AvgIpc) is 2.49. The van der Waals surface area contributed by atoms with Crippen LogP contribution in [0.1, 0.15) is 18.5 Å². The van der Waals surface area contributed by atoms with Crippen molar-refractivity contribution in [3.63, 3.8) is 0 Å². The summed E-state index contributed by atoms with van der Waals surface area (Å²) in [5.74, 6) is -0.624. The molecule has 0 saturated heterocycles. The van der Waals surface area contributed by atoms with Crippen molar-refractivity contribution in [3.8, 4) is 11.5 Å². The zero-order valence-corrected chi connectivity index (χ0v) is 11.7. The van der Waals surface area contributed by atoms with Crippen LogP contribution >= 0.6 is 0 Å². The molecule has 0 radical (unpaired) electrons. The summed E-state index contributed by atoms with van der Waals surface area (Å²) in [6, 6.07) is 10.2. The molecule has 1 unspecified atom stereocenters. The second-order valence-corrected chi connectivity index (χ2v) is 4.47. The van der Waals surface area contributed by atoms with Gasteiger partial charge in [0.15, 0.2) is 23.1 Å². The van der Waals surface area contributed by atoms with E-state index in [0.29, 0.717) is 23.7 Å². The fourth-order valence-electron chi connectivity index (χ4n) is 1.86. The molecule has 2 N–H and O–H groups in total. The zero-order chi connectivity index (χ0) is 15.2. The smallest absolute Gasteiger partial charge is 0.161 e. The largest absolute Gasteiger partial charge is 0.490 e. The standard InChI is InChI=1S/C16H17F2NO2/c1-2-20-15-5-3-4-6-16(15)21-10-14(19)11-7-8-12(17)13(18)9-11/h3-9,14H,2,10,19H2,1H3. The molecule has 0 aliphatic carbocycles. The van der Waals surface area contributed by atoms with E-state index in [1.807, 2.05) is 19.1 Å². The molecule has 5 heteroatoms. The average molecular weight is 293 g/mol. The fraction of sp³-hybridized carbons (Fsp3) is 0.250. The third-order valence-corrected chi connectivity index (χ3v) is 2.94. The highest BCUT2D eigenvalue weighted by Crippen LogP contribution is 2.27. The first kappa shape index (κ1) is 15.3. The van der Waals surface area contributed by atoms with E-state index >= 15 is 0 Å². The molecule has 0 saturated carbocycles. The van der Waals surface area contributed by atoms with Gasteiger partial charge >= 0.3 is 0 Å². The number of nitrogens with two attached hydrogens (primary N) is 1. The van der Waals surface area contributed by atoms with E-state index in [0.717, 1.165) is 12.1 Å². The third-order valence-electron chi connectivity index (χ3n) is 2.94. The first-order valence-corrected chi connectivity index (χ1v) is 6.67. The Morgan fingerprint density at radius 3 is 2.29 bits per heavy atom. The van der Waals surface area contributed by atoms with Gasteiger partial charge in [-0.05, 0) is 36.8 Å². The van der Waals surface area contributed by atoms with Gasteiger partial charge in [-0.15, -0.1) is 0 Å². The van der Waals surface area contributed by atoms with Crippen LogP contribution in [0.4, 0.5) is 8.78 Å². The minimum atomic E-state index is -0.919. The van der Waals surface area contributed by atoms with Gasteiger partial charge in [-0.25, -0.2) is 8.78 Å². The first-order valence-electron chi connectivity index (χ1n) is 6.67. The molecular formula is C16H17F2NO2. The number of rotatable bonds is 6. The van der Waals surface area contributed by atoms with Gasteiger partial charge in [-0.1, -0.05) is 18.2 Å². The molecule has 0 aliphatic rings. The van der Waals surface area contributed by atoms with Crippen molar-refractivity contribution in [2.75, 3.05) is 13.2 Å². The van der Waals surface area contributed by atoms with Gasteiger partial charge in [0.1, 0.15) is 6.61 Å². The Morgan fingerprint density at radius 1 is 1.00 bits per heavy atom. The predicted octanol–water partition coefficient (Wildman–Crippen LogP) is 3.44. The van der Waals surface area contributed by atoms with Crippen LogP contribution in [0, 0.1) is 11.6 Å². The summed E-state index contributed by atoms with van der Waals surface area (Å²) in [5, 5.41) is 0. The molecule has 1 atom stereocenters. The lowest BCUT2D eigenvalue weighted by Gasteiger charge is -2.16. The van der Waals surface area contributed by atoms with Crippen LogP contribution in [0.3, 0.4) is 0 Å². The van der Waals surface area contributed by atoms with E-state index in [-0.39, 0.29) is 6.61 Å². The Kier molecular flexibility index (Phi) is 5.11. The summed E-state index contributed by atoms with van der Waals surface area (Å²) >= 11 is 0. The SMILES string of the molecule is CCOc1ccccc1OCC(N)c1ccc(F)c(F)c1. The molecule has 112 valence electrons. The van der Waals surface area contributed by atoms with Crippen molar-refractivity contribution in [3.05, 3.63) is 59.7 Å². The highest BCUT2D eigenvalue weighted by atomic mass is 19.2. The van der Waals surface area contributed by atoms with E-state index < -0.39 is 17.7 Å². The Hall–Kier alpha value is -2.14. The summed E-state index contributed by atoms with van der Waals surface area (Å²) in [6.07, 6.45) is 0. The number of hydrogen-bond donors (Lipinski definition) is 1. The van der Waals surface area contributed by atoms with Gasteiger partial charge in [0.2, 0.25) is 0 Å². The van der Waals surface area contributed by atoms with Crippen LogP contribution in [-0.4, -0.2) is 13.2 Å². The molecule has 2 rings (SSSR count). The molecule has 2 aromatic carbocycles. The number of halogens is 2. The fourth-order valence-corrected chi connectivity index (χ4v) is 1.86. The Balaban J connectivity index is 2.03. The number of para-hydroxylation sites is 2. The van der Waals surface area contributed by atoms with Gasteiger partial charge < -0.3 is 15.2 Å². The van der Waals surface area contributed by atoms with Crippen LogP contribution < -0.4 is 15.2 Å². The quantitative estimate of drug-likeness (QED) is 0.887. The van der Waals surface area contributed by atoms with Crippen molar-refractivity contribution in [2.45, 2.75) is 13.0 Å². The molecule has 0 bridgehead atoms. The van der Waals surface area contributed by atoms with Crippen molar-refractivity contribution in [1.82, 2.24) is 0 Å². The lowest BCUT2D eigenvalue weighted by molar-refractivity contribution is 0.261. The molecule has 0 fully saturated rings. The number of ether oxygens (including phenoxy) is 2. The second-order valence-electron chi connectivity index (χ2n) is 4.47. The van der Waals surface area contributed by atoms with Crippen LogP contribution in [0.15, 0.2) is 42.5 Å². The van der Waals surface area contributed by atoms with Gasteiger partial charge in [0.05, 0.1) is 12.6 Å². The molecule has 0 aromatic heterocycles. The van der Waals surface area contributed by atoms with E-state index in [9.17, 15) is 8.78 Å². The summed E-state index contributed by atoms with van der Waals surface area (Å²) < 4.78 is 37.1. The van der Waals surface area contributed by atoms with Gasteiger partial charge in [-0.3, -0.25) is 0 Å². The normalized spacial score (nSPS) is 12.0. The zero-order valence-electron chi connectivity index (χ0n) is 11.7. The van der Waals surface area contributed by atoms with E-state index in [2.05, 4.69) is 0 Å². The topological polar surface area (TPSA) is 44.5 Å². The monoisotopic (exact) mass is 293 g/mol. The Morgan fingerprint density at radius 2 is 1.67 bits per heavy atom. The van der Waals surface area contributed by atoms with Gasteiger partial charge in [-0.2, -0.15) is 0 Å². The van der Waals surface area contributed by atoms with Gasteiger partial charge in [0, 0.05) is 0 Å². The van der Waals surface area contributed by atoms with E-state index in [1.165, 1.54) is 6.07 Å². The molecule has 3 nitrogen and oxygen atoms in total. The summed E-state index contributed by atoms with van der Waals surface area (Å²) in [6.45, 7) is 2.54. The minimum Gasteiger partial charge on any atom is -0.490 e. The highest BCUT2D eigenvalue weighted by Gasteiger charge is 2.12. The molecule has 0 amide bonds. The molecule has 2 aromatic rings. The lowest BCUT2D eigenvalue weighted by Crippen LogP contribution is -2.19. The lowest BCUT2D eigenvalue weighted by atomic mass is 10.1. The van der Waals surface area contributed by atoms with Crippen LogP contribution in [0.2, 0.25) is 0 Å². The third kappa shape index (κ3) is 3.92. The van der Waals surface area contributed by atoms with Crippen LogP contribution in [0.25, 0.3) is 0 Å². The van der Waals surface area contributed by atoms with Crippen LogP contribution in [0.5, 0.6) is 11.5 Å². The van der Waals surface area contributed by atoms with E-state index in [1.54, 1.807) is 12.1 Å². The maximum absolute atomic E-state index is 13.2. The molecule has 21 heavy (non-hydrogen) atoms. The molecule has 0 spiro atoms. The molecular weight excluding hydrogens is 276 g/mol. The second kappa shape index (κ2) is 7.04. The maximum Gasteiger partial charge on any atom is 0.161 e. The predicted molar refractivity (Wildman–Crippen MR) is 76.4 cm³/mol. The van der Waals surface area contributed by atoms with E-state index in [4.69, 9.17) is 15.2 Å². The minimum absolute atomic E-state index is 0.134. The highest BCUT2D eigenvalue weighted by molar-refractivity contribution is 5.39. The molecule has 0 heterocycles. The summed E-state index contributed by atoms with van der Waals surface area (Å²) in [7, 11) is 0. The Labute approximate surface area is 122 Å². The van der Waals surface area contributed by atoms with Crippen molar-refractivity contribution in [1.29, 1.82) is 0 Å². The van der Waals surface area contributed by atoms with Crippen molar-refractivity contribution in [2.24, 2.45) is 5.73 Å². The number of benzene rings is 2. The van der Waals surface area contributed by atoms with Crippen LogP contribution in [-0.2, 0) is 0 Å². The van der Waals surface area contributed by atoms with Gasteiger partial charge in [0.25, 0.3) is 0 Å². The summed E-state index contributed by atoms with van der Waals surface area (Å²) in [4.78, 5) is 0.